The summed E-state index contributed by atoms with van der Waals surface area (Å²) in [6.07, 6.45) is 0. The van der Waals surface area contributed by atoms with Gasteiger partial charge in [-0.25, -0.2) is 0 Å². The third kappa shape index (κ3) is 3.03. The van der Waals surface area contributed by atoms with E-state index in [0.29, 0.717) is 27.7 Å². The van der Waals surface area contributed by atoms with Gasteiger partial charge in [-0.2, -0.15) is 0 Å². The number of carbonyl (C=O) groups is 1. The molecular weight excluding hydrogens is 276 g/mol. The molecule has 1 amide bonds. The van der Waals surface area contributed by atoms with Crippen molar-refractivity contribution in [1.29, 1.82) is 0 Å². The molecule has 0 aliphatic carbocycles. The van der Waals surface area contributed by atoms with Crippen LogP contribution < -0.4 is 15.8 Å². The van der Waals surface area contributed by atoms with E-state index in [2.05, 4.69) is 5.32 Å². The number of aryl methyl sites for hydroxylation is 1. The summed E-state index contributed by atoms with van der Waals surface area (Å²) in [5.41, 5.74) is 8.30. The predicted molar refractivity (Wildman–Crippen MR) is 81.5 cm³/mol. The van der Waals surface area contributed by atoms with E-state index in [-0.39, 0.29) is 5.91 Å². The lowest BCUT2D eigenvalue weighted by molar-refractivity contribution is 0.102. The fraction of sp³-hybridized carbons (Fsp3) is 0.133. The maximum Gasteiger partial charge on any atom is 0.255 e. The largest absolute Gasteiger partial charge is 0.495 e. The van der Waals surface area contributed by atoms with E-state index in [1.54, 1.807) is 36.4 Å². The van der Waals surface area contributed by atoms with Crippen molar-refractivity contribution in [2.75, 3.05) is 18.2 Å². The van der Waals surface area contributed by atoms with Crippen molar-refractivity contribution in [2.45, 2.75) is 6.92 Å². The fourth-order valence-electron chi connectivity index (χ4n) is 1.84. The number of rotatable bonds is 3. The van der Waals surface area contributed by atoms with Gasteiger partial charge < -0.3 is 15.8 Å². The molecule has 0 unspecified atom stereocenters. The van der Waals surface area contributed by atoms with Gasteiger partial charge in [-0.1, -0.05) is 11.6 Å². The Kier molecular flexibility index (Phi) is 4.15. The Morgan fingerprint density at radius 3 is 2.60 bits per heavy atom. The number of amides is 1. The average molecular weight is 291 g/mol. The molecule has 0 saturated carbocycles. The third-order valence-corrected chi connectivity index (χ3v) is 3.16. The summed E-state index contributed by atoms with van der Waals surface area (Å²) in [6.45, 7) is 1.88. The van der Waals surface area contributed by atoms with Gasteiger partial charge in [-0.15, -0.1) is 0 Å². The summed E-state index contributed by atoms with van der Waals surface area (Å²) in [4.78, 5) is 12.2. The average Bonchev–Trinajstić information content (AvgIpc) is 2.41. The highest BCUT2D eigenvalue weighted by Gasteiger charge is 2.10. The van der Waals surface area contributed by atoms with E-state index in [4.69, 9.17) is 22.1 Å². The molecule has 0 aliphatic heterocycles. The van der Waals surface area contributed by atoms with E-state index >= 15 is 0 Å². The van der Waals surface area contributed by atoms with Crippen LogP contribution in [0.5, 0.6) is 5.75 Å². The van der Waals surface area contributed by atoms with Gasteiger partial charge in [0, 0.05) is 16.3 Å². The molecule has 0 heterocycles. The molecule has 0 saturated heterocycles. The summed E-state index contributed by atoms with van der Waals surface area (Å²) >= 11 is 5.88. The van der Waals surface area contributed by atoms with E-state index in [1.807, 2.05) is 6.92 Å². The first-order valence-corrected chi connectivity index (χ1v) is 6.40. The van der Waals surface area contributed by atoms with Gasteiger partial charge in [0.1, 0.15) is 5.75 Å². The van der Waals surface area contributed by atoms with E-state index in [9.17, 15) is 4.79 Å². The second-order valence-electron chi connectivity index (χ2n) is 4.37. The second-order valence-corrected chi connectivity index (χ2v) is 4.81. The molecule has 0 atom stereocenters. The molecule has 20 heavy (non-hydrogen) atoms. The summed E-state index contributed by atoms with van der Waals surface area (Å²) in [5, 5.41) is 3.46. The van der Waals surface area contributed by atoms with Gasteiger partial charge in [0.05, 0.1) is 12.8 Å². The van der Waals surface area contributed by atoms with Crippen molar-refractivity contribution in [3.8, 4) is 5.75 Å². The third-order valence-electron chi connectivity index (χ3n) is 2.93. The van der Waals surface area contributed by atoms with Gasteiger partial charge in [0.15, 0.2) is 0 Å². The highest BCUT2D eigenvalue weighted by molar-refractivity contribution is 6.30. The summed E-state index contributed by atoms with van der Waals surface area (Å²) in [5.74, 6) is 0.314. The van der Waals surface area contributed by atoms with Gasteiger partial charge >= 0.3 is 0 Å². The van der Waals surface area contributed by atoms with Crippen LogP contribution in [-0.4, -0.2) is 13.0 Å². The molecule has 0 fully saturated rings. The van der Waals surface area contributed by atoms with Crippen LogP contribution in [0.4, 0.5) is 11.4 Å². The second kappa shape index (κ2) is 5.84. The van der Waals surface area contributed by atoms with Crippen LogP contribution in [0.1, 0.15) is 15.9 Å². The highest BCUT2D eigenvalue weighted by atomic mass is 35.5. The first-order valence-electron chi connectivity index (χ1n) is 6.02. The molecule has 5 heteroatoms. The Labute approximate surface area is 122 Å². The molecule has 0 aromatic heterocycles. The van der Waals surface area contributed by atoms with Crippen LogP contribution in [0.15, 0.2) is 36.4 Å². The van der Waals surface area contributed by atoms with Crippen LogP contribution in [0.3, 0.4) is 0 Å². The summed E-state index contributed by atoms with van der Waals surface area (Å²) < 4.78 is 5.06. The molecule has 2 rings (SSSR count). The molecule has 104 valence electrons. The zero-order valence-corrected chi connectivity index (χ0v) is 12.0. The number of carbonyl (C=O) groups excluding carboxylic acids is 1. The van der Waals surface area contributed by atoms with Crippen LogP contribution in [-0.2, 0) is 0 Å². The lowest BCUT2D eigenvalue weighted by Crippen LogP contribution is -2.13. The quantitative estimate of drug-likeness (QED) is 0.851. The minimum atomic E-state index is -0.232. The zero-order chi connectivity index (χ0) is 14.7. The van der Waals surface area contributed by atoms with E-state index in [0.717, 1.165) is 5.56 Å². The summed E-state index contributed by atoms with van der Waals surface area (Å²) in [6, 6.07) is 10.2. The minimum absolute atomic E-state index is 0.232. The number of nitrogen functional groups attached to an aromatic ring is 1. The molecule has 0 bridgehead atoms. The normalized spacial score (nSPS) is 10.2. The Bertz CT molecular complexity index is 656. The maximum absolute atomic E-state index is 12.2. The number of nitrogens with two attached hydrogens (primary N) is 1. The monoisotopic (exact) mass is 290 g/mol. The van der Waals surface area contributed by atoms with Crippen molar-refractivity contribution in [2.24, 2.45) is 0 Å². The lowest BCUT2D eigenvalue weighted by atomic mass is 10.1. The minimum Gasteiger partial charge on any atom is -0.495 e. The Morgan fingerprint density at radius 1 is 1.25 bits per heavy atom. The fourth-order valence-corrected chi connectivity index (χ4v) is 2.06. The van der Waals surface area contributed by atoms with Crippen molar-refractivity contribution in [3.63, 3.8) is 0 Å². The molecule has 0 radical (unpaired) electrons. The standard InChI is InChI=1S/C15H15ClN2O2/c1-9-7-11(16)4-5-13(9)18-15(19)10-3-6-14(20-2)12(17)8-10/h3-8H,17H2,1-2H3,(H,18,19). The molecular formula is C15H15ClN2O2. The highest BCUT2D eigenvalue weighted by Crippen LogP contribution is 2.24. The predicted octanol–water partition coefficient (Wildman–Crippen LogP) is 3.49. The Morgan fingerprint density at radius 2 is 2.00 bits per heavy atom. The van der Waals surface area contributed by atoms with Crippen molar-refractivity contribution in [3.05, 3.63) is 52.5 Å². The molecule has 0 aliphatic rings. The van der Waals surface area contributed by atoms with Crippen LogP contribution in [0, 0.1) is 6.92 Å². The first kappa shape index (κ1) is 14.2. The number of benzene rings is 2. The van der Waals surface area contributed by atoms with Crippen LogP contribution in [0.2, 0.25) is 5.02 Å². The topological polar surface area (TPSA) is 64.3 Å². The molecule has 3 N–H and O–H groups in total. The number of hydrogen-bond donors (Lipinski definition) is 2. The van der Waals surface area contributed by atoms with Crippen molar-refractivity contribution < 1.29 is 9.53 Å². The Hall–Kier alpha value is -2.20. The number of anilines is 2. The van der Waals surface area contributed by atoms with Gasteiger partial charge in [-0.3, -0.25) is 4.79 Å². The van der Waals surface area contributed by atoms with Gasteiger partial charge in [0.25, 0.3) is 5.91 Å². The molecule has 0 spiro atoms. The number of halogens is 1. The van der Waals surface area contributed by atoms with E-state index in [1.165, 1.54) is 7.11 Å². The molecule has 2 aromatic rings. The number of methoxy groups -OCH3 is 1. The van der Waals surface area contributed by atoms with Crippen molar-refractivity contribution >= 4 is 28.9 Å². The number of hydrogen-bond acceptors (Lipinski definition) is 3. The Balaban J connectivity index is 2.21. The van der Waals surface area contributed by atoms with Gasteiger partial charge in [-0.05, 0) is 48.9 Å². The SMILES string of the molecule is COc1ccc(C(=O)Nc2ccc(Cl)cc2C)cc1N. The zero-order valence-electron chi connectivity index (χ0n) is 11.2. The maximum atomic E-state index is 12.2. The van der Waals surface area contributed by atoms with Crippen LogP contribution in [0.25, 0.3) is 0 Å². The van der Waals surface area contributed by atoms with Crippen LogP contribution >= 0.6 is 11.6 Å². The van der Waals surface area contributed by atoms with E-state index < -0.39 is 0 Å². The van der Waals surface area contributed by atoms with Crippen molar-refractivity contribution in [1.82, 2.24) is 0 Å². The first-order chi connectivity index (χ1) is 9.51. The number of ether oxygens (including phenoxy) is 1. The molecule has 4 nitrogen and oxygen atoms in total. The lowest BCUT2D eigenvalue weighted by Gasteiger charge is -2.10. The smallest absolute Gasteiger partial charge is 0.255 e. The van der Waals surface area contributed by atoms with Gasteiger partial charge in [0.2, 0.25) is 0 Å². The number of nitrogens with one attached hydrogen (secondary N) is 1. The molecule has 2 aromatic carbocycles. The summed E-state index contributed by atoms with van der Waals surface area (Å²) in [7, 11) is 1.53.